The van der Waals surface area contributed by atoms with Gasteiger partial charge in [0.25, 0.3) is 0 Å². The molecule has 0 aliphatic carbocycles. The molecule has 0 saturated carbocycles. The van der Waals surface area contributed by atoms with E-state index in [4.69, 9.17) is 21.4 Å². The van der Waals surface area contributed by atoms with Crippen molar-refractivity contribution >= 4 is 11.6 Å². The minimum absolute atomic E-state index is 0.0636. The highest BCUT2D eigenvalue weighted by atomic mass is 35.5. The number of rotatable bonds is 5. The van der Waals surface area contributed by atoms with E-state index in [9.17, 15) is 0 Å². The number of nitrogens with one attached hydrogen (secondary N) is 1. The van der Waals surface area contributed by atoms with Crippen LogP contribution in [0.3, 0.4) is 0 Å². The molecule has 0 aliphatic rings. The van der Waals surface area contributed by atoms with Crippen LogP contribution in [0.1, 0.15) is 12.5 Å². The lowest BCUT2D eigenvalue weighted by atomic mass is 10.2. The van der Waals surface area contributed by atoms with Gasteiger partial charge in [-0.3, -0.25) is 0 Å². The van der Waals surface area contributed by atoms with Gasteiger partial charge in [0.05, 0.1) is 13.7 Å². The van der Waals surface area contributed by atoms with Crippen molar-refractivity contribution in [3.05, 3.63) is 28.8 Å². The topological polar surface area (TPSA) is 41.5 Å². The van der Waals surface area contributed by atoms with E-state index in [1.54, 1.807) is 13.2 Å². The predicted octanol–water partition coefficient (Wildman–Crippen LogP) is 1.82. The SMILES string of the molecule is COc1ccc(Cl)cc1CNC(C)CO. The first-order valence-corrected chi connectivity index (χ1v) is 5.21. The Hall–Kier alpha value is -0.770. The molecule has 0 aliphatic heterocycles. The molecule has 0 heterocycles. The Kier molecular flexibility index (Phi) is 4.88. The lowest BCUT2D eigenvalue weighted by molar-refractivity contribution is 0.250. The van der Waals surface area contributed by atoms with Crippen molar-refractivity contribution in [3.63, 3.8) is 0 Å². The Morgan fingerprint density at radius 2 is 2.27 bits per heavy atom. The van der Waals surface area contributed by atoms with Gasteiger partial charge >= 0.3 is 0 Å². The molecular weight excluding hydrogens is 214 g/mol. The second-order valence-electron chi connectivity index (χ2n) is 3.42. The van der Waals surface area contributed by atoms with E-state index in [0.717, 1.165) is 11.3 Å². The smallest absolute Gasteiger partial charge is 0.123 e. The van der Waals surface area contributed by atoms with Gasteiger partial charge in [0.2, 0.25) is 0 Å². The Balaban J connectivity index is 2.69. The standard InChI is InChI=1S/C11H16ClNO2/c1-8(7-14)13-6-9-5-10(12)3-4-11(9)15-2/h3-5,8,13-14H,6-7H2,1-2H3. The minimum Gasteiger partial charge on any atom is -0.496 e. The molecule has 1 aromatic rings. The molecular formula is C11H16ClNO2. The Bertz CT molecular complexity index is 317. The van der Waals surface area contributed by atoms with Gasteiger partial charge in [0, 0.05) is 23.2 Å². The number of ether oxygens (including phenoxy) is 1. The molecule has 1 atom stereocenters. The maximum Gasteiger partial charge on any atom is 0.123 e. The van der Waals surface area contributed by atoms with Crippen LogP contribution in [-0.2, 0) is 6.54 Å². The largest absolute Gasteiger partial charge is 0.496 e. The van der Waals surface area contributed by atoms with Crippen molar-refractivity contribution in [1.82, 2.24) is 5.32 Å². The van der Waals surface area contributed by atoms with E-state index in [-0.39, 0.29) is 12.6 Å². The van der Waals surface area contributed by atoms with Gasteiger partial charge < -0.3 is 15.2 Å². The lowest BCUT2D eigenvalue weighted by Gasteiger charge is -2.13. The quantitative estimate of drug-likeness (QED) is 0.810. The summed E-state index contributed by atoms with van der Waals surface area (Å²) < 4.78 is 5.21. The van der Waals surface area contributed by atoms with E-state index in [1.807, 2.05) is 19.1 Å². The number of aliphatic hydroxyl groups is 1. The summed E-state index contributed by atoms with van der Waals surface area (Å²) in [4.78, 5) is 0. The summed E-state index contributed by atoms with van der Waals surface area (Å²) in [5, 5.41) is 12.7. The zero-order chi connectivity index (χ0) is 11.3. The summed E-state index contributed by atoms with van der Waals surface area (Å²) >= 11 is 5.89. The first-order valence-electron chi connectivity index (χ1n) is 4.84. The zero-order valence-corrected chi connectivity index (χ0v) is 9.71. The van der Waals surface area contributed by atoms with E-state index in [2.05, 4.69) is 5.32 Å². The monoisotopic (exact) mass is 229 g/mol. The fourth-order valence-electron chi connectivity index (χ4n) is 1.23. The van der Waals surface area contributed by atoms with Crippen molar-refractivity contribution in [2.45, 2.75) is 19.5 Å². The van der Waals surface area contributed by atoms with Crippen LogP contribution in [0, 0.1) is 0 Å². The molecule has 0 amide bonds. The Morgan fingerprint density at radius 3 is 2.87 bits per heavy atom. The van der Waals surface area contributed by atoms with Gasteiger partial charge in [0.1, 0.15) is 5.75 Å². The van der Waals surface area contributed by atoms with Crippen LogP contribution < -0.4 is 10.1 Å². The summed E-state index contributed by atoms with van der Waals surface area (Å²) in [5.74, 6) is 0.803. The second-order valence-corrected chi connectivity index (χ2v) is 3.86. The fourth-order valence-corrected chi connectivity index (χ4v) is 1.43. The highest BCUT2D eigenvalue weighted by molar-refractivity contribution is 6.30. The van der Waals surface area contributed by atoms with Crippen LogP contribution in [-0.4, -0.2) is 24.9 Å². The van der Waals surface area contributed by atoms with Crippen LogP contribution in [0.4, 0.5) is 0 Å². The fraction of sp³-hybridized carbons (Fsp3) is 0.455. The number of halogens is 1. The van der Waals surface area contributed by atoms with Crippen LogP contribution in [0.2, 0.25) is 5.02 Å². The number of methoxy groups -OCH3 is 1. The van der Waals surface area contributed by atoms with Crippen LogP contribution >= 0.6 is 11.6 Å². The Labute approximate surface area is 95.0 Å². The molecule has 1 rings (SSSR count). The summed E-state index contributed by atoms with van der Waals surface area (Å²) in [6.07, 6.45) is 0. The molecule has 0 fully saturated rings. The Morgan fingerprint density at radius 1 is 1.53 bits per heavy atom. The number of benzene rings is 1. The molecule has 84 valence electrons. The van der Waals surface area contributed by atoms with Gasteiger partial charge in [-0.05, 0) is 25.1 Å². The number of aliphatic hydroxyl groups excluding tert-OH is 1. The first kappa shape index (κ1) is 12.3. The summed E-state index contributed by atoms with van der Waals surface area (Å²) in [5.41, 5.74) is 0.991. The molecule has 3 nitrogen and oxygen atoms in total. The summed E-state index contributed by atoms with van der Waals surface area (Å²) in [6, 6.07) is 5.55. The summed E-state index contributed by atoms with van der Waals surface area (Å²) in [7, 11) is 1.63. The average Bonchev–Trinajstić information content (AvgIpc) is 2.26. The molecule has 1 unspecified atom stereocenters. The zero-order valence-electron chi connectivity index (χ0n) is 8.96. The molecule has 1 aromatic carbocycles. The molecule has 0 aromatic heterocycles. The third-order valence-electron chi connectivity index (χ3n) is 2.16. The molecule has 0 saturated heterocycles. The lowest BCUT2D eigenvalue weighted by Crippen LogP contribution is -2.28. The maximum absolute atomic E-state index is 8.87. The van der Waals surface area contributed by atoms with Gasteiger partial charge in [-0.25, -0.2) is 0 Å². The highest BCUT2D eigenvalue weighted by Gasteiger charge is 2.05. The van der Waals surface area contributed by atoms with Gasteiger partial charge in [-0.15, -0.1) is 0 Å². The third kappa shape index (κ3) is 3.70. The van der Waals surface area contributed by atoms with E-state index >= 15 is 0 Å². The second kappa shape index (κ2) is 5.95. The molecule has 0 radical (unpaired) electrons. The van der Waals surface area contributed by atoms with Crippen LogP contribution in [0.5, 0.6) is 5.75 Å². The molecule has 15 heavy (non-hydrogen) atoms. The third-order valence-corrected chi connectivity index (χ3v) is 2.39. The average molecular weight is 230 g/mol. The number of hydrogen-bond acceptors (Lipinski definition) is 3. The van der Waals surface area contributed by atoms with Crippen molar-refractivity contribution in [3.8, 4) is 5.75 Å². The normalized spacial score (nSPS) is 12.5. The molecule has 4 heteroatoms. The van der Waals surface area contributed by atoms with E-state index < -0.39 is 0 Å². The van der Waals surface area contributed by atoms with Gasteiger partial charge in [0.15, 0.2) is 0 Å². The van der Waals surface area contributed by atoms with Crippen molar-refractivity contribution in [2.75, 3.05) is 13.7 Å². The minimum atomic E-state index is 0.0636. The van der Waals surface area contributed by atoms with Crippen molar-refractivity contribution in [2.24, 2.45) is 0 Å². The first-order chi connectivity index (χ1) is 7.17. The van der Waals surface area contributed by atoms with Crippen LogP contribution in [0.25, 0.3) is 0 Å². The van der Waals surface area contributed by atoms with Gasteiger partial charge in [-0.2, -0.15) is 0 Å². The van der Waals surface area contributed by atoms with E-state index in [0.29, 0.717) is 11.6 Å². The van der Waals surface area contributed by atoms with E-state index in [1.165, 1.54) is 0 Å². The maximum atomic E-state index is 8.87. The summed E-state index contributed by atoms with van der Waals surface area (Å²) in [6.45, 7) is 2.66. The van der Waals surface area contributed by atoms with Crippen molar-refractivity contribution < 1.29 is 9.84 Å². The highest BCUT2D eigenvalue weighted by Crippen LogP contribution is 2.22. The van der Waals surface area contributed by atoms with Crippen LogP contribution in [0.15, 0.2) is 18.2 Å². The van der Waals surface area contributed by atoms with Crippen molar-refractivity contribution in [1.29, 1.82) is 0 Å². The molecule has 0 bridgehead atoms. The predicted molar refractivity (Wildman–Crippen MR) is 61.4 cm³/mol. The number of hydrogen-bond donors (Lipinski definition) is 2. The van der Waals surface area contributed by atoms with Gasteiger partial charge in [-0.1, -0.05) is 11.6 Å². The molecule has 0 spiro atoms. The molecule has 2 N–H and O–H groups in total.